The van der Waals surface area contributed by atoms with Crippen LogP contribution in [0.1, 0.15) is 24.0 Å². The Morgan fingerprint density at radius 3 is 2.77 bits per heavy atom. The molecular weight excluding hydrogens is 287 g/mol. The van der Waals surface area contributed by atoms with E-state index < -0.39 is 11.7 Å². The van der Waals surface area contributed by atoms with Gasteiger partial charge in [-0.25, -0.2) is 9.82 Å². The molecule has 5 nitrogen and oxygen atoms in total. The second kappa shape index (κ2) is 6.89. The van der Waals surface area contributed by atoms with Crippen LogP contribution in [0.5, 0.6) is 5.75 Å². The van der Waals surface area contributed by atoms with E-state index in [0.29, 0.717) is 5.71 Å². The first kappa shape index (κ1) is 15.8. The number of nitrogens with one attached hydrogen (secondary N) is 1. The van der Waals surface area contributed by atoms with Crippen LogP contribution in [0.3, 0.4) is 0 Å². The molecule has 0 saturated heterocycles. The van der Waals surface area contributed by atoms with E-state index >= 15 is 0 Å². The van der Waals surface area contributed by atoms with Gasteiger partial charge in [-0.1, -0.05) is 6.07 Å². The third-order valence-corrected chi connectivity index (χ3v) is 2.95. The Morgan fingerprint density at radius 2 is 2.14 bits per heavy atom. The molecule has 1 heterocycles. The zero-order valence-corrected chi connectivity index (χ0v) is 12.6. The topological polar surface area (TPSA) is 63.8 Å². The molecule has 0 atom stereocenters. The van der Waals surface area contributed by atoms with E-state index in [-0.39, 0.29) is 12.4 Å². The first-order chi connectivity index (χ1) is 10.5. The average molecular weight is 304 g/mol. The van der Waals surface area contributed by atoms with Crippen molar-refractivity contribution in [1.29, 1.82) is 0 Å². The lowest BCUT2D eigenvalue weighted by Gasteiger charge is -2.05. The van der Waals surface area contributed by atoms with Gasteiger partial charge in [0.1, 0.15) is 23.1 Å². The molecule has 0 aliphatic heterocycles. The van der Waals surface area contributed by atoms with Crippen LogP contribution in [0, 0.1) is 19.7 Å². The second-order valence-corrected chi connectivity index (χ2v) is 4.81. The fraction of sp³-hybridized carbons (Fsp3) is 0.250. The van der Waals surface area contributed by atoms with Crippen LogP contribution >= 0.6 is 0 Å². The normalized spacial score (nSPS) is 11.4. The fourth-order valence-corrected chi connectivity index (χ4v) is 1.93. The molecule has 1 amide bonds. The summed E-state index contributed by atoms with van der Waals surface area (Å²) in [4.78, 5) is 11.7. The third kappa shape index (κ3) is 4.18. The van der Waals surface area contributed by atoms with Crippen LogP contribution in [0.15, 0.2) is 39.9 Å². The highest BCUT2D eigenvalue weighted by molar-refractivity contribution is 6.00. The minimum atomic E-state index is -0.429. The minimum Gasteiger partial charge on any atom is -0.484 e. The number of hydrogen-bond acceptors (Lipinski definition) is 4. The number of carbonyl (C=O) groups excluding carboxylic acids is 1. The van der Waals surface area contributed by atoms with Crippen molar-refractivity contribution >= 4 is 11.6 Å². The van der Waals surface area contributed by atoms with Gasteiger partial charge < -0.3 is 9.15 Å². The Morgan fingerprint density at radius 1 is 1.36 bits per heavy atom. The Kier molecular flexibility index (Phi) is 4.93. The van der Waals surface area contributed by atoms with Crippen molar-refractivity contribution in [3.63, 3.8) is 0 Å². The van der Waals surface area contributed by atoms with Crippen LogP contribution in [-0.4, -0.2) is 18.2 Å². The highest BCUT2D eigenvalue weighted by Gasteiger charge is 2.08. The second-order valence-electron chi connectivity index (χ2n) is 4.81. The number of hydrazone groups is 1. The molecule has 0 spiro atoms. The van der Waals surface area contributed by atoms with Gasteiger partial charge in [0.2, 0.25) is 0 Å². The first-order valence-electron chi connectivity index (χ1n) is 6.74. The summed E-state index contributed by atoms with van der Waals surface area (Å²) < 4.78 is 23.5. The predicted octanol–water partition coefficient (Wildman–Crippen LogP) is 2.95. The summed E-state index contributed by atoms with van der Waals surface area (Å²) in [5, 5.41) is 4.00. The zero-order chi connectivity index (χ0) is 16.1. The maximum Gasteiger partial charge on any atom is 0.277 e. The summed E-state index contributed by atoms with van der Waals surface area (Å²) in [5.74, 6) is 0.961. The van der Waals surface area contributed by atoms with Crippen LogP contribution in [0.25, 0.3) is 0 Å². The molecule has 0 aliphatic rings. The number of benzene rings is 1. The summed E-state index contributed by atoms with van der Waals surface area (Å²) in [6, 6.07) is 7.44. The van der Waals surface area contributed by atoms with E-state index in [4.69, 9.17) is 9.15 Å². The summed E-state index contributed by atoms with van der Waals surface area (Å²) in [7, 11) is 0. The molecule has 0 unspecified atom stereocenters. The predicted molar refractivity (Wildman–Crippen MR) is 80.4 cm³/mol. The van der Waals surface area contributed by atoms with Gasteiger partial charge >= 0.3 is 0 Å². The minimum absolute atomic E-state index is 0.246. The standard InChI is InChI=1S/C16H17FN2O3/c1-10-7-15(12(3)22-10)11(2)18-19-16(20)9-21-14-6-4-5-13(17)8-14/h4-8H,9H2,1-3H3,(H,19,20)/b18-11-. The average Bonchev–Trinajstić information content (AvgIpc) is 2.81. The SMILES string of the molecule is C/C(=N/NC(=O)COc1cccc(F)c1)c1cc(C)oc1C. The van der Waals surface area contributed by atoms with E-state index in [2.05, 4.69) is 10.5 Å². The Balaban J connectivity index is 1.89. The largest absolute Gasteiger partial charge is 0.484 e. The van der Waals surface area contributed by atoms with Crippen molar-refractivity contribution in [2.75, 3.05) is 6.61 Å². The molecule has 0 saturated carbocycles. The van der Waals surface area contributed by atoms with Gasteiger partial charge in [-0.2, -0.15) is 5.10 Å². The van der Waals surface area contributed by atoms with Crippen molar-refractivity contribution in [2.24, 2.45) is 5.10 Å². The van der Waals surface area contributed by atoms with E-state index in [1.54, 1.807) is 13.0 Å². The number of furan rings is 1. The molecule has 2 rings (SSSR count). The molecule has 1 N–H and O–H groups in total. The van der Waals surface area contributed by atoms with Crippen LogP contribution in [0.2, 0.25) is 0 Å². The number of rotatable bonds is 5. The molecule has 1 aromatic heterocycles. The van der Waals surface area contributed by atoms with Gasteiger partial charge in [0.25, 0.3) is 5.91 Å². The van der Waals surface area contributed by atoms with Crippen molar-refractivity contribution in [3.05, 3.63) is 53.2 Å². The number of hydrogen-bond donors (Lipinski definition) is 1. The smallest absolute Gasteiger partial charge is 0.277 e. The van der Waals surface area contributed by atoms with Crippen molar-refractivity contribution in [3.8, 4) is 5.75 Å². The van der Waals surface area contributed by atoms with Crippen molar-refractivity contribution < 1.29 is 18.3 Å². The van der Waals surface area contributed by atoms with Crippen LogP contribution < -0.4 is 10.2 Å². The van der Waals surface area contributed by atoms with Gasteiger partial charge in [0.15, 0.2) is 6.61 Å². The number of halogens is 1. The van der Waals surface area contributed by atoms with E-state index in [0.717, 1.165) is 17.1 Å². The van der Waals surface area contributed by atoms with Gasteiger partial charge in [-0.05, 0) is 39.0 Å². The highest BCUT2D eigenvalue weighted by Crippen LogP contribution is 2.14. The molecule has 6 heteroatoms. The molecular formula is C16H17FN2O3. The summed E-state index contributed by atoms with van der Waals surface area (Å²) in [6.45, 7) is 5.19. The highest BCUT2D eigenvalue weighted by atomic mass is 19.1. The summed E-state index contributed by atoms with van der Waals surface area (Å²) in [5.41, 5.74) is 3.86. The van der Waals surface area contributed by atoms with Crippen molar-refractivity contribution in [2.45, 2.75) is 20.8 Å². The number of nitrogens with zero attached hydrogens (tertiary/aromatic N) is 1. The monoisotopic (exact) mass is 304 g/mol. The third-order valence-electron chi connectivity index (χ3n) is 2.95. The van der Waals surface area contributed by atoms with Gasteiger partial charge in [-0.3, -0.25) is 4.79 Å². The number of aryl methyl sites for hydroxylation is 2. The summed E-state index contributed by atoms with van der Waals surface area (Å²) >= 11 is 0. The molecule has 0 bridgehead atoms. The molecule has 116 valence electrons. The van der Waals surface area contributed by atoms with Gasteiger partial charge in [-0.15, -0.1) is 0 Å². The quantitative estimate of drug-likeness (QED) is 0.682. The molecule has 0 radical (unpaired) electrons. The Bertz CT molecular complexity index is 707. The van der Waals surface area contributed by atoms with Crippen molar-refractivity contribution in [1.82, 2.24) is 5.43 Å². The first-order valence-corrected chi connectivity index (χ1v) is 6.74. The van der Waals surface area contributed by atoms with Crippen LogP contribution in [-0.2, 0) is 4.79 Å². The lowest BCUT2D eigenvalue weighted by Crippen LogP contribution is -2.25. The van der Waals surface area contributed by atoms with Crippen LogP contribution in [0.4, 0.5) is 4.39 Å². The molecule has 0 aliphatic carbocycles. The molecule has 1 aromatic carbocycles. The Hall–Kier alpha value is -2.63. The maximum absolute atomic E-state index is 13.0. The Labute approximate surface area is 127 Å². The van der Waals surface area contributed by atoms with E-state index in [9.17, 15) is 9.18 Å². The number of carbonyl (C=O) groups is 1. The summed E-state index contributed by atoms with van der Waals surface area (Å²) in [6.07, 6.45) is 0. The number of amides is 1. The molecule has 22 heavy (non-hydrogen) atoms. The molecule has 0 fully saturated rings. The lowest BCUT2D eigenvalue weighted by molar-refractivity contribution is -0.123. The molecule has 2 aromatic rings. The zero-order valence-electron chi connectivity index (χ0n) is 12.6. The van der Waals surface area contributed by atoms with E-state index in [1.165, 1.54) is 18.2 Å². The van der Waals surface area contributed by atoms with E-state index in [1.807, 2.05) is 19.9 Å². The van der Waals surface area contributed by atoms with Gasteiger partial charge in [0, 0.05) is 11.6 Å². The fourth-order valence-electron chi connectivity index (χ4n) is 1.93. The lowest BCUT2D eigenvalue weighted by atomic mass is 10.2. The van der Waals surface area contributed by atoms with Gasteiger partial charge in [0.05, 0.1) is 5.71 Å². The number of ether oxygens (including phenoxy) is 1. The maximum atomic E-state index is 13.0.